The van der Waals surface area contributed by atoms with Crippen LogP contribution in [0.15, 0.2) is 62.9 Å². The van der Waals surface area contributed by atoms with Crippen LogP contribution in [-0.2, 0) is 14.8 Å². The summed E-state index contributed by atoms with van der Waals surface area (Å²) in [5, 5.41) is 0.778. The molecule has 36 heavy (non-hydrogen) atoms. The summed E-state index contributed by atoms with van der Waals surface area (Å²) >= 11 is 4.76. The fraction of sp³-hybridized carbons (Fsp3) is 0.400. The maximum atomic E-state index is 13.1. The van der Waals surface area contributed by atoms with E-state index in [1.54, 1.807) is 29.2 Å². The Labute approximate surface area is 224 Å². The highest BCUT2D eigenvalue weighted by Crippen LogP contribution is 2.31. The van der Waals surface area contributed by atoms with E-state index in [4.69, 9.17) is 9.97 Å². The fourth-order valence-electron chi connectivity index (χ4n) is 4.54. The lowest BCUT2D eigenvalue weighted by molar-refractivity contribution is -0.129. The number of rotatable bonds is 6. The molecule has 8 nitrogen and oxygen atoms in total. The molecule has 3 aromatic rings. The van der Waals surface area contributed by atoms with E-state index in [0.29, 0.717) is 13.1 Å². The first-order valence-electron chi connectivity index (χ1n) is 12.1. The first kappa shape index (κ1) is 25.4. The minimum atomic E-state index is -3.58. The molecule has 0 N–H and O–H groups in total. The van der Waals surface area contributed by atoms with Crippen LogP contribution in [0.3, 0.4) is 0 Å². The number of hydrogen-bond donors (Lipinski definition) is 0. The predicted molar refractivity (Wildman–Crippen MR) is 146 cm³/mol. The summed E-state index contributed by atoms with van der Waals surface area (Å²) in [5.41, 5.74) is 1.68. The number of aromatic nitrogens is 2. The maximum absolute atomic E-state index is 13.1. The Morgan fingerprint density at radius 3 is 2.17 bits per heavy atom. The first-order chi connectivity index (χ1) is 17.4. The van der Waals surface area contributed by atoms with Crippen LogP contribution in [0, 0.1) is 0 Å². The van der Waals surface area contributed by atoms with Gasteiger partial charge in [0, 0.05) is 43.7 Å². The van der Waals surface area contributed by atoms with Crippen molar-refractivity contribution in [1.29, 1.82) is 0 Å². The molecule has 1 amide bonds. The largest absolute Gasteiger partial charge is 0.354 e. The molecule has 0 saturated carbocycles. The normalized spacial score (nSPS) is 17.5. The van der Waals surface area contributed by atoms with Crippen molar-refractivity contribution in [3.05, 3.63) is 53.0 Å². The third-order valence-electron chi connectivity index (χ3n) is 6.55. The zero-order chi connectivity index (χ0) is 25.1. The second kappa shape index (κ2) is 11.0. The molecule has 190 valence electrons. The Bertz CT molecular complexity index is 1340. The number of thioether (sulfide) groups is 1. The predicted octanol–water partition coefficient (Wildman–Crippen LogP) is 4.01. The van der Waals surface area contributed by atoms with E-state index in [1.165, 1.54) is 22.5 Å². The van der Waals surface area contributed by atoms with Gasteiger partial charge in [-0.15, -0.1) is 0 Å². The highest BCUT2D eigenvalue weighted by molar-refractivity contribution is 9.10. The first-order valence-corrected chi connectivity index (χ1v) is 15.3. The Balaban J connectivity index is 1.24. The van der Waals surface area contributed by atoms with Crippen LogP contribution in [0.5, 0.6) is 0 Å². The summed E-state index contributed by atoms with van der Waals surface area (Å²) in [6.45, 7) is 3.20. The molecule has 0 aliphatic carbocycles. The molecule has 2 aliphatic rings. The lowest BCUT2D eigenvalue weighted by atomic mass is 10.1. The fourth-order valence-corrected chi connectivity index (χ4v) is 7.13. The summed E-state index contributed by atoms with van der Waals surface area (Å²) in [6, 6.07) is 14.4. The van der Waals surface area contributed by atoms with Crippen LogP contribution < -0.4 is 4.90 Å². The van der Waals surface area contributed by atoms with Gasteiger partial charge in [-0.25, -0.2) is 18.4 Å². The summed E-state index contributed by atoms with van der Waals surface area (Å²) in [5.74, 6) is 1.09. The van der Waals surface area contributed by atoms with Crippen molar-refractivity contribution in [2.45, 2.75) is 29.2 Å². The Kier molecular flexibility index (Phi) is 7.80. The number of fused-ring (bicyclic) bond motifs is 1. The molecule has 5 rings (SSSR count). The molecule has 1 aromatic heterocycles. The van der Waals surface area contributed by atoms with Gasteiger partial charge >= 0.3 is 0 Å². The molecule has 0 bridgehead atoms. The van der Waals surface area contributed by atoms with Crippen LogP contribution in [-0.4, -0.2) is 78.5 Å². The summed E-state index contributed by atoms with van der Waals surface area (Å²) in [4.78, 5) is 27.1. The van der Waals surface area contributed by atoms with E-state index in [-0.39, 0.29) is 29.6 Å². The summed E-state index contributed by atoms with van der Waals surface area (Å²) in [6.07, 6.45) is 3.48. The van der Waals surface area contributed by atoms with E-state index in [2.05, 4.69) is 20.8 Å². The number of benzene rings is 2. The zero-order valence-electron chi connectivity index (χ0n) is 19.8. The third kappa shape index (κ3) is 5.53. The van der Waals surface area contributed by atoms with E-state index in [1.807, 2.05) is 24.3 Å². The van der Waals surface area contributed by atoms with Crippen molar-refractivity contribution in [1.82, 2.24) is 19.2 Å². The number of hydrogen-bond acceptors (Lipinski definition) is 7. The van der Waals surface area contributed by atoms with Crippen LogP contribution in [0.2, 0.25) is 0 Å². The minimum absolute atomic E-state index is 0.0137. The van der Waals surface area contributed by atoms with Gasteiger partial charge < -0.3 is 9.80 Å². The van der Waals surface area contributed by atoms with Gasteiger partial charge in [0.05, 0.1) is 21.7 Å². The van der Waals surface area contributed by atoms with E-state index in [9.17, 15) is 13.2 Å². The monoisotopic (exact) mass is 589 g/mol. The highest BCUT2D eigenvalue weighted by Gasteiger charge is 2.30. The average molecular weight is 591 g/mol. The molecule has 2 aromatic carbocycles. The van der Waals surface area contributed by atoms with Crippen LogP contribution in [0.4, 0.5) is 5.82 Å². The quantitative estimate of drug-likeness (QED) is 0.401. The molecule has 0 radical (unpaired) electrons. The molecule has 0 spiro atoms. The van der Waals surface area contributed by atoms with Gasteiger partial charge in [-0.05, 0) is 55.7 Å². The molecule has 11 heteroatoms. The topological polar surface area (TPSA) is 86.7 Å². The lowest BCUT2D eigenvalue weighted by Gasteiger charge is -2.34. The molecule has 2 fully saturated rings. The number of carbonyl (C=O) groups excluding carboxylic acids is 1. The molecular weight excluding hydrogens is 562 g/mol. The molecule has 0 atom stereocenters. The SMILES string of the molecule is O=C(CSc1nc2ccccc2nc1N1CCCCC1)N1CCN(S(=O)(=O)c2ccc(Br)cc2)CC1. The van der Waals surface area contributed by atoms with Crippen LogP contribution in [0.25, 0.3) is 11.0 Å². The second-order valence-electron chi connectivity index (χ2n) is 8.92. The maximum Gasteiger partial charge on any atom is 0.243 e. The highest BCUT2D eigenvalue weighted by atomic mass is 79.9. The molecule has 0 unspecified atom stereocenters. The summed E-state index contributed by atoms with van der Waals surface area (Å²) in [7, 11) is -3.58. The van der Waals surface area contributed by atoms with Gasteiger partial charge in [0.25, 0.3) is 0 Å². The Morgan fingerprint density at radius 2 is 1.50 bits per heavy atom. The zero-order valence-corrected chi connectivity index (χ0v) is 23.1. The third-order valence-corrected chi connectivity index (χ3v) is 9.93. The van der Waals surface area contributed by atoms with E-state index < -0.39 is 10.0 Å². The molecule has 2 saturated heterocycles. The summed E-state index contributed by atoms with van der Waals surface area (Å²) < 4.78 is 28.2. The number of carbonyl (C=O) groups is 1. The van der Waals surface area contributed by atoms with Crippen molar-refractivity contribution in [2.75, 3.05) is 49.9 Å². The molecule has 3 heterocycles. The standard InChI is InChI=1S/C25H28BrN5O3S2/c26-19-8-10-20(11-9-19)36(33,34)31-16-14-29(15-17-31)23(32)18-35-25-24(30-12-4-1-5-13-30)27-21-6-2-3-7-22(21)28-25/h2-3,6-11H,1,4-5,12-18H2. The van der Waals surface area contributed by atoms with Gasteiger partial charge in [-0.1, -0.05) is 39.8 Å². The minimum Gasteiger partial charge on any atom is -0.354 e. The number of anilines is 1. The Hall–Kier alpha value is -2.21. The molecule has 2 aliphatic heterocycles. The number of amides is 1. The lowest BCUT2D eigenvalue weighted by Crippen LogP contribution is -2.50. The van der Waals surface area contributed by atoms with Gasteiger partial charge in [0.15, 0.2) is 5.82 Å². The number of halogens is 1. The molecular formula is C25H28BrN5O3S2. The van der Waals surface area contributed by atoms with E-state index >= 15 is 0 Å². The van der Waals surface area contributed by atoms with Gasteiger partial charge in [-0.3, -0.25) is 4.79 Å². The van der Waals surface area contributed by atoms with E-state index in [0.717, 1.165) is 52.3 Å². The average Bonchev–Trinajstić information content (AvgIpc) is 2.92. The number of piperidine rings is 1. The number of nitrogens with zero attached hydrogens (tertiary/aromatic N) is 5. The Morgan fingerprint density at radius 1 is 0.861 bits per heavy atom. The van der Waals surface area contributed by atoms with Crippen molar-refractivity contribution < 1.29 is 13.2 Å². The second-order valence-corrected chi connectivity index (χ2v) is 12.7. The smallest absolute Gasteiger partial charge is 0.243 e. The number of sulfonamides is 1. The van der Waals surface area contributed by atoms with Gasteiger partial charge in [-0.2, -0.15) is 4.31 Å². The van der Waals surface area contributed by atoms with Crippen molar-refractivity contribution in [3.63, 3.8) is 0 Å². The van der Waals surface area contributed by atoms with Crippen LogP contribution in [0.1, 0.15) is 19.3 Å². The van der Waals surface area contributed by atoms with Crippen molar-refractivity contribution >= 4 is 60.5 Å². The van der Waals surface area contributed by atoms with Crippen molar-refractivity contribution in [3.8, 4) is 0 Å². The van der Waals surface area contributed by atoms with Gasteiger partial charge in [0.1, 0.15) is 5.03 Å². The van der Waals surface area contributed by atoms with Crippen LogP contribution >= 0.6 is 27.7 Å². The number of para-hydroxylation sites is 2. The van der Waals surface area contributed by atoms with Crippen molar-refractivity contribution in [2.24, 2.45) is 0 Å². The van der Waals surface area contributed by atoms with Gasteiger partial charge in [0.2, 0.25) is 15.9 Å². The number of piperazine rings is 1.